The van der Waals surface area contributed by atoms with Crippen molar-refractivity contribution in [2.75, 3.05) is 14.2 Å². The van der Waals surface area contributed by atoms with Crippen LogP contribution in [0.1, 0.15) is 22.0 Å². The van der Waals surface area contributed by atoms with Crippen LogP contribution in [0.15, 0.2) is 48.5 Å². The van der Waals surface area contributed by atoms with Gasteiger partial charge in [-0.15, -0.1) is 10.2 Å². The maximum Gasteiger partial charge on any atom is 0.234 e. The van der Waals surface area contributed by atoms with Crippen LogP contribution < -0.4 is 9.47 Å². The first kappa shape index (κ1) is 21.1. The summed E-state index contributed by atoms with van der Waals surface area (Å²) in [6, 6.07) is 15.9. The minimum atomic E-state index is 0.642. The topological polar surface area (TPSA) is 79.4 Å². The second-order valence-electron chi connectivity index (χ2n) is 7.68. The number of aromatic nitrogens is 6. The molecular formula is C24H24N6O2S. The summed E-state index contributed by atoms with van der Waals surface area (Å²) >= 11 is 1.56. The number of hydrogen-bond acceptors (Lipinski definition) is 7. The Morgan fingerprint density at radius 3 is 2.42 bits per heavy atom. The molecule has 5 rings (SSSR count). The molecule has 0 aliphatic rings. The van der Waals surface area contributed by atoms with Gasteiger partial charge in [-0.25, -0.2) is 4.68 Å². The smallest absolute Gasteiger partial charge is 0.234 e. The van der Waals surface area contributed by atoms with Gasteiger partial charge < -0.3 is 9.47 Å². The summed E-state index contributed by atoms with van der Waals surface area (Å²) < 4.78 is 14.6. The van der Waals surface area contributed by atoms with E-state index in [1.54, 1.807) is 30.1 Å². The van der Waals surface area contributed by atoms with E-state index in [0.717, 1.165) is 45.4 Å². The van der Waals surface area contributed by atoms with Crippen LogP contribution in [-0.4, -0.2) is 43.8 Å². The van der Waals surface area contributed by atoms with Crippen molar-refractivity contribution >= 4 is 16.3 Å². The van der Waals surface area contributed by atoms with E-state index in [0.29, 0.717) is 17.3 Å². The predicted molar refractivity (Wildman–Crippen MR) is 128 cm³/mol. The second-order valence-corrected chi connectivity index (χ2v) is 8.72. The molecule has 9 heteroatoms. The van der Waals surface area contributed by atoms with Gasteiger partial charge in [-0.1, -0.05) is 29.5 Å². The number of fused-ring (bicyclic) bond motifs is 1. The van der Waals surface area contributed by atoms with Crippen molar-refractivity contribution in [2.45, 2.75) is 26.7 Å². The van der Waals surface area contributed by atoms with Gasteiger partial charge in [0.05, 0.1) is 25.6 Å². The van der Waals surface area contributed by atoms with E-state index >= 15 is 0 Å². The van der Waals surface area contributed by atoms with Gasteiger partial charge in [-0.3, -0.25) is 0 Å². The Hall–Kier alpha value is -3.72. The van der Waals surface area contributed by atoms with E-state index in [9.17, 15) is 0 Å². The zero-order chi connectivity index (χ0) is 22.9. The molecule has 0 atom stereocenters. The number of hydrogen-bond donors (Lipinski definition) is 0. The molecule has 0 saturated heterocycles. The average Bonchev–Trinajstić information content (AvgIpc) is 3.50. The van der Waals surface area contributed by atoms with E-state index in [2.05, 4.69) is 36.2 Å². The van der Waals surface area contributed by atoms with Crippen molar-refractivity contribution in [2.24, 2.45) is 0 Å². The lowest BCUT2D eigenvalue weighted by Crippen LogP contribution is -2.00. The molecule has 168 valence electrons. The van der Waals surface area contributed by atoms with Crippen LogP contribution in [0.5, 0.6) is 11.5 Å². The molecule has 5 aromatic rings. The van der Waals surface area contributed by atoms with Gasteiger partial charge in [0.1, 0.15) is 5.01 Å². The van der Waals surface area contributed by atoms with Crippen LogP contribution in [0.3, 0.4) is 0 Å². The third-order valence-corrected chi connectivity index (χ3v) is 6.66. The maximum absolute atomic E-state index is 5.43. The fourth-order valence-corrected chi connectivity index (χ4v) is 4.83. The summed E-state index contributed by atoms with van der Waals surface area (Å²) in [7, 11) is 3.23. The summed E-state index contributed by atoms with van der Waals surface area (Å²) in [5.74, 6) is 1.99. The van der Waals surface area contributed by atoms with Crippen molar-refractivity contribution in [3.05, 3.63) is 70.5 Å². The lowest BCUT2D eigenvalue weighted by atomic mass is 10.1. The van der Waals surface area contributed by atoms with Gasteiger partial charge in [0.2, 0.25) is 4.96 Å². The summed E-state index contributed by atoms with van der Waals surface area (Å²) in [5, 5.41) is 19.2. The van der Waals surface area contributed by atoms with Crippen LogP contribution in [0.4, 0.5) is 0 Å². The number of rotatable bonds is 7. The minimum absolute atomic E-state index is 0.642. The van der Waals surface area contributed by atoms with E-state index < -0.39 is 0 Å². The molecule has 0 unspecified atom stereocenters. The molecule has 2 aromatic carbocycles. The van der Waals surface area contributed by atoms with Crippen molar-refractivity contribution in [3.63, 3.8) is 0 Å². The first-order chi connectivity index (χ1) is 16.1. The maximum atomic E-state index is 5.43. The van der Waals surface area contributed by atoms with Crippen molar-refractivity contribution in [3.8, 4) is 28.6 Å². The van der Waals surface area contributed by atoms with Gasteiger partial charge in [-0.05, 0) is 56.2 Å². The molecule has 0 fully saturated rings. The second kappa shape index (κ2) is 8.67. The lowest BCUT2D eigenvalue weighted by Gasteiger charge is -2.08. The molecule has 0 N–H and O–H groups in total. The SMILES string of the molecule is COc1ccc(-c2nnc3sc(CCc4c(C)nn(-c5ccccc5)c4C)nn23)cc1OC. The van der Waals surface area contributed by atoms with Gasteiger partial charge in [0, 0.05) is 17.7 Å². The summed E-state index contributed by atoms with van der Waals surface area (Å²) in [6.07, 6.45) is 1.67. The Morgan fingerprint density at radius 1 is 0.879 bits per heavy atom. The summed E-state index contributed by atoms with van der Waals surface area (Å²) in [5.41, 5.74) is 5.40. The van der Waals surface area contributed by atoms with Crippen LogP contribution in [0.25, 0.3) is 22.0 Å². The summed E-state index contributed by atoms with van der Waals surface area (Å²) in [4.78, 5) is 0.767. The van der Waals surface area contributed by atoms with Crippen molar-refractivity contribution in [1.29, 1.82) is 0 Å². The molecule has 0 bridgehead atoms. The number of methoxy groups -OCH3 is 2. The first-order valence-electron chi connectivity index (χ1n) is 10.6. The van der Waals surface area contributed by atoms with E-state index in [4.69, 9.17) is 19.7 Å². The number of aryl methyl sites for hydroxylation is 2. The number of ether oxygens (including phenoxy) is 2. The number of para-hydroxylation sites is 1. The van der Waals surface area contributed by atoms with Crippen LogP contribution in [0.2, 0.25) is 0 Å². The highest BCUT2D eigenvalue weighted by atomic mass is 32.1. The molecular weight excluding hydrogens is 436 g/mol. The number of benzene rings is 2. The van der Waals surface area contributed by atoms with Crippen LogP contribution >= 0.6 is 11.3 Å². The molecule has 3 heterocycles. The normalized spacial score (nSPS) is 11.3. The zero-order valence-electron chi connectivity index (χ0n) is 18.9. The van der Waals surface area contributed by atoms with Crippen molar-refractivity contribution < 1.29 is 9.47 Å². The van der Waals surface area contributed by atoms with Crippen LogP contribution in [-0.2, 0) is 12.8 Å². The number of nitrogens with zero attached hydrogens (tertiary/aromatic N) is 6. The molecule has 0 saturated carbocycles. The fraction of sp³-hybridized carbons (Fsp3) is 0.250. The van der Waals surface area contributed by atoms with Gasteiger partial charge in [0.15, 0.2) is 17.3 Å². The third kappa shape index (κ3) is 3.84. The monoisotopic (exact) mass is 460 g/mol. The molecule has 0 spiro atoms. The predicted octanol–water partition coefficient (Wildman–Crippen LogP) is 4.46. The van der Waals surface area contributed by atoms with Crippen molar-refractivity contribution in [1.82, 2.24) is 29.6 Å². The molecule has 0 amide bonds. The fourth-order valence-electron chi connectivity index (χ4n) is 4.00. The largest absolute Gasteiger partial charge is 0.493 e. The average molecular weight is 461 g/mol. The summed E-state index contributed by atoms with van der Waals surface area (Å²) in [6.45, 7) is 4.19. The highest BCUT2D eigenvalue weighted by Gasteiger charge is 2.17. The molecule has 0 aliphatic carbocycles. The van der Waals surface area contributed by atoms with E-state index in [-0.39, 0.29) is 0 Å². The Balaban J connectivity index is 1.40. The Kier molecular flexibility index (Phi) is 5.55. The molecule has 0 radical (unpaired) electrons. The van der Waals surface area contributed by atoms with E-state index in [1.807, 2.05) is 41.1 Å². The van der Waals surface area contributed by atoms with Gasteiger partial charge >= 0.3 is 0 Å². The molecule has 0 aliphatic heterocycles. The standard InChI is InChI=1S/C24H24N6O2S/c1-15-19(16(2)29(27-15)18-8-6-5-7-9-18)11-13-22-28-30-23(25-26-24(30)33-22)17-10-12-20(31-3)21(14-17)32-4/h5-10,12,14H,11,13H2,1-4H3. The highest BCUT2D eigenvalue weighted by Crippen LogP contribution is 2.32. The van der Waals surface area contributed by atoms with E-state index in [1.165, 1.54) is 5.56 Å². The molecule has 3 aromatic heterocycles. The van der Waals surface area contributed by atoms with Crippen LogP contribution in [0, 0.1) is 13.8 Å². The Bertz CT molecular complexity index is 1420. The third-order valence-electron chi connectivity index (χ3n) is 5.71. The molecule has 8 nitrogen and oxygen atoms in total. The zero-order valence-corrected chi connectivity index (χ0v) is 19.8. The quantitative estimate of drug-likeness (QED) is 0.357. The Labute approximate surface area is 195 Å². The Morgan fingerprint density at radius 2 is 1.67 bits per heavy atom. The minimum Gasteiger partial charge on any atom is -0.493 e. The van der Waals surface area contributed by atoms with Gasteiger partial charge in [-0.2, -0.15) is 14.7 Å². The lowest BCUT2D eigenvalue weighted by molar-refractivity contribution is 0.355. The highest BCUT2D eigenvalue weighted by molar-refractivity contribution is 7.16. The van der Waals surface area contributed by atoms with Gasteiger partial charge in [0.25, 0.3) is 0 Å². The molecule has 33 heavy (non-hydrogen) atoms. The first-order valence-corrected chi connectivity index (χ1v) is 11.4.